The quantitative estimate of drug-likeness (QED) is 0.607. The van der Waals surface area contributed by atoms with Crippen molar-refractivity contribution in [2.24, 2.45) is 0 Å². The first kappa shape index (κ1) is 10.5. The zero-order valence-electron chi connectivity index (χ0n) is 8.70. The van der Waals surface area contributed by atoms with Crippen LogP contribution in [0.15, 0.2) is 0 Å². The summed E-state index contributed by atoms with van der Waals surface area (Å²) in [6.45, 7) is 5.18. The number of rotatable bonds is 4. The zero-order chi connectivity index (χ0) is 9.68. The number of hydrogen-bond acceptors (Lipinski definition) is 2. The highest BCUT2D eigenvalue weighted by molar-refractivity contribution is 5.48. The average Bonchev–Trinajstić information content (AvgIpc) is 2.18. The van der Waals surface area contributed by atoms with Gasteiger partial charge in [0.15, 0.2) is 0 Å². The van der Waals surface area contributed by atoms with Crippen LogP contribution in [0.2, 0.25) is 0 Å². The third-order valence-electron chi connectivity index (χ3n) is 2.87. The van der Waals surface area contributed by atoms with Crippen LogP contribution in [0.25, 0.3) is 0 Å². The average molecular weight is 184 g/mol. The van der Waals surface area contributed by atoms with Crippen molar-refractivity contribution in [2.45, 2.75) is 32.2 Å². The molecule has 1 atom stereocenters. The third kappa shape index (κ3) is 2.99. The van der Waals surface area contributed by atoms with E-state index in [1.54, 1.807) is 0 Å². The van der Waals surface area contributed by atoms with Crippen LogP contribution in [0.3, 0.4) is 0 Å². The van der Waals surface area contributed by atoms with E-state index in [2.05, 4.69) is 18.9 Å². The summed E-state index contributed by atoms with van der Waals surface area (Å²) >= 11 is 0. The lowest BCUT2D eigenvalue weighted by atomic mass is 10.0. The molecule has 76 valence electrons. The van der Waals surface area contributed by atoms with E-state index in [1.165, 1.54) is 19.3 Å². The Morgan fingerprint density at radius 1 is 1.54 bits per heavy atom. The molecule has 1 rings (SSSR count). The molecule has 0 aromatic carbocycles. The molecule has 0 aromatic rings. The van der Waals surface area contributed by atoms with E-state index in [0.29, 0.717) is 6.04 Å². The van der Waals surface area contributed by atoms with Crippen LogP contribution in [0.4, 0.5) is 0 Å². The molecule has 3 nitrogen and oxygen atoms in total. The van der Waals surface area contributed by atoms with E-state index < -0.39 is 0 Å². The molecule has 0 bridgehead atoms. The van der Waals surface area contributed by atoms with E-state index >= 15 is 0 Å². The van der Waals surface area contributed by atoms with E-state index in [4.69, 9.17) is 0 Å². The summed E-state index contributed by atoms with van der Waals surface area (Å²) in [5, 5.41) is 0. The van der Waals surface area contributed by atoms with Gasteiger partial charge < -0.3 is 9.80 Å². The van der Waals surface area contributed by atoms with Crippen molar-refractivity contribution in [3.63, 3.8) is 0 Å². The van der Waals surface area contributed by atoms with Crippen molar-refractivity contribution in [1.29, 1.82) is 0 Å². The highest BCUT2D eigenvalue weighted by atomic mass is 16.1. The standard InChI is InChI=1S/C10H20N2O/c1-3-11(2)8-10-6-4-5-7-12(10)9-13/h9-10H,3-8H2,1-2H3. The van der Waals surface area contributed by atoms with Gasteiger partial charge in [-0.1, -0.05) is 6.92 Å². The Hall–Kier alpha value is -0.570. The van der Waals surface area contributed by atoms with Gasteiger partial charge in [-0.25, -0.2) is 0 Å². The minimum absolute atomic E-state index is 0.455. The van der Waals surface area contributed by atoms with Gasteiger partial charge in [-0.15, -0.1) is 0 Å². The number of hydrogen-bond donors (Lipinski definition) is 0. The van der Waals surface area contributed by atoms with Crippen LogP contribution in [0, 0.1) is 0 Å². The molecule has 0 N–H and O–H groups in total. The molecule has 0 aliphatic carbocycles. The Balaban J connectivity index is 2.40. The molecule has 1 amide bonds. The Morgan fingerprint density at radius 3 is 2.92 bits per heavy atom. The van der Waals surface area contributed by atoms with Crippen LogP contribution < -0.4 is 0 Å². The number of likely N-dealkylation sites (tertiary alicyclic amines) is 1. The molecule has 3 heteroatoms. The predicted molar refractivity (Wildman–Crippen MR) is 53.6 cm³/mol. The SMILES string of the molecule is CCN(C)CC1CCCCN1C=O. The lowest BCUT2D eigenvalue weighted by molar-refractivity contribution is -0.121. The smallest absolute Gasteiger partial charge is 0.209 e. The molecule has 0 aromatic heterocycles. The van der Waals surface area contributed by atoms with Crippen molar-refractivity contribution >= 4 is 6.41 Å². The second-order valence-corrected chi connectivity index (χ2v) is 3.85. The third-order valence-corrected chi connectivity index (χ3v) is 2.87. The molecule has 1 aliphatic rings. The van der Waals surface area contributed by atoms with Gasteiger partial charge in [0, 0.05) is 19.1 Å². The largest absolute Gasteiger partial charge is 0.341 e. The summed E-state index contributed by atoms with van der Waals surface area (Å²) in [6, 6.07) is 0.455. The van der Waals surface area contributed by atoms with E-state index in [9.17, 15) is 4.79 Å². The molecule has 0 saturated carbocycles. The van der Waals surface area contributed by atoms with Crippen molar-refractivity contribution in [1.82, 2.24) is 9.80 Å². The predicted octanol–water partition coefficient (Wildman–Crippen LogP) is 0.949. The molecule has 1 saturated heterocycles. The molecule has 13 heavy (non-hydrogen) atoms. The lowest BCUT2D eigenvalue weighted by Gasteiger charge is -2.35. The van der Waals surface area contributed by atoms with Gasteiger partial charge in [-0.05, 0) is 32.9 Å². The number of piperidine rings is 1. The van der Waals surface area contributed by atoms with E-state index in [1.807, 2.05) is 4.90 Å². The topological polar surface area (TPSA) is 23.6 Å². The fraction of sp³-hybridized carbons (Fsp3) is 0.900. The Labute approximate surface area is 80.7 Å². The first-order valence-electron chi connectivity index (χ1n) is 5.17. The van der Waals surface area contributed by atoms with Crippen LogP contribution in [-0.2, 0) is 4.79 Å². The normalized spacial score (nSPS) is 23.6. The fourth-order valence-corrected chi connectivity index (χ4v) is 1.85. The molecule has 1 heterocycles. The number of carbonyl (C=O) groups is 1. The van der Waals surface area contributed by atoms with Gasteiger partial charge in [0.1, 0.15) is 0 Å². The minimum atomic E-state index is 0.455. The summed E-state index contributed by atoms with van der Waals surface area (Å²) in [5.41, 5.74) is 0. The van der Waals surface area contributed by atoms with Gasteiger partial charge >= 0.3 is 0 Å². The Morgan fingerprint density at radius 2 is 2.31 bits per heavy atom. The first-order valence-corrected chi connectivity index (χ1v) is 5.17. The lowest BCUT2D eigenvalue weighted by Crippen LogP contribution is -2.45. The van der Waals surface area contributed by atoms with E-state index in [-0.39, 0.29) is 0 Å². The van der Waals surface area contributed by atoms with Gasteiger partial charge in [0.05, 0.1) is 0 Å². The van der Waals surface area contributed by atoms with Crippen LogP contribution >= 0.6 is 0 Å². The maximum absolute atomic E-state index is 10.7. The van der Waals surface area contributed by atoms with Crippen molar-refractivity contribution < 1.29 is 4.79 Å². The molecule has 1 fully saturated rings. The number of amides is 1. The summed E-state index contributed by atoms with van der Waals surface area (Å²) in [7, 11) is 2.11. The summed E-state index contributed by atoms with van der Waals surface area (Å²) in [5.74, 6) is 0. The van der Waals surface area contributed by atoms with Gasteiger partial charge in [-0.3, -0.25) is 4.79 Å². The van der Waals surface area contributed by atoms with Crippen molar-refractivity contribution in [3.05, 3.63) is 0 Å². The fourth-order valence-electron chi connectivity index (χ4n) is 1.85. The first-order chi connectivity index (χ1) is 6.27. The maximum atomic E-state index is 10.7. The number of nitrogens with zero attached hydrogens (tertiary/aromatic N) is 2. The molecular formula is C10H20N2O. The Kier molecular flexibility index (Phi) is 4.22. The van der Waals surface area contributed by atoms with Crippen LogP contribution in [-0.4, -0.2) is 48.9 Å². The highest BCUT2D eigenvalue weighted by Crippen LogP contribution is 2.15. The summed E-state index contributed by atoms with van der Waals surface area (Å²) in [4.78, 5) is 15.0. The summed E-state index contributed by atoms with van der Waals surface area (Å²) < 4.78 is 0. The summed E-state index contributed by atoms with van der Waals surface area (Å²) in [6.07, 6.45) is 4.62. The zero-order valence-corrected chi connectivity index (χ0v) is 8.70. The van der Waals surface area contributed by atoms with Crippen LogP contribution in [0.1, 0.15) is 26.2 Å². The number of carbonyl (C=O) groups excluding carboxylic acids is 1. The molecule has 0 spiro atoms. The van der Waals surface area contributed by atoms with Gasteiger partial charge in [0.25, 0.3) is 0 Å². The number of likely N-dealkylation sites (N-methyl/N-ethyl adjacent to an activating group) is 1. The molecular weight excluding hydrogens is 164 g/mol. The van der Waals surface area contributed by atoms with Gasteiger partial charge in [-0.2, -0.15) is 0 Å². The highest BCUT2D eigenvalue weighted by Gasteiger charge is 2.21. The molecule has 0 radical (unpaired) electrons. The second kappa shape index (κ2) is 5.22. The molecule has 1 unspecified atom stereocenters. The monoisotopic (exact) mass is 184 g/mol. The Bertz CT molecular complexity index is 161. The second-order valence-electron chi connectivity index (χ2n) is 3.85. The van der Waals surface area contributed by atoms with Crippen molar-refractivity contribution in [2.75, 3.05) is 26.7 Å². The van der Waals surface area contributed by atoms with Crippen LogP contribution in [0.5, 0.6) is 0 Å². The van der Waals surface area contributed by atoms with Gasteiger partial charge in [0.2, 0.25) is 6.41 Å². The van der Waals surface area contributed by atoms with Crippen molar-refractivity contribution in [3.8, 4) is 0 Å². The maximum Gasteiger partial charge on any atom is 0.209 e. The minimum Gasteiger partial charge on any atom is -0.341 e. The van der Waals surface area contributed by atoms with E-state index in [0.717, 1.165) is 26.0 Å². The molecule has 1 aliphatic heterocycles.